The standard InChI is InChI=1S/C15H16FN.ClH/c1-17(2)11-13-6-3-4-9-15(13)12-7-5-8-14(16)10-12;/h3-10H,11H2,1-2H3;1H. The first-order chi connectivity index (χ1) is 8.16. The lowest BCUT2D eigenvalue weighted by molar-refractivity contribution is 0.403. The fraction of sp³-hybridized carbons (Fsp3) is 0.200. The van der Waals surface area contributed by atoms with E-state index in [9.17, 15) is 4.39 Å². The molecule has 0 atom stereocenters. The third kappa shape index (κ3) is 3.56. The van der Waals surface area contributed by atoms with Gasteiger partial charge < -0.3 is 4.90 Å². The van der Waals surface area contributed by atoms with E-state index in [2.05, 4.69) is 11.0 Å². The molecule has 0 aliphatic rings. The van der Waals surface area contributed by atoms with Gasteiger partial charge in [0, 0.05) is 6.54 Å². The molecule has 2 rings (SSSR count). The molecule has 0 saturated carbocycles. The highest BCUT2D eigenvalue weighted by Crippen LogP contribution is 2.24. The number of nitrogens with zero attached hydrogens (tertiary/aromatic N) is 1. The fourth-order valence-electron chi connectivity index (χ4n) is 1.94. The Labute approximate surface area is 114 Å². The van der Waals surface area contributed by atoms with E-state index in [4.69, 9.17) is 0 Å². The largest absolute Gasteiger partial charge is 0.305 e. The Morgan fingerprint density at radius 2 is 1.72 bits per heavy atom. The molecular formula is C15H17ClFN. The molecule has 96 valence electrons. The van der Waals surface area contributed by atoms with Crippen LogP contribution in [0.25, 0.3) is 11.1 Å². The van der Waals surface area contributed by atoms with Crippen LogP contribution >= 0.6 is 12.4 Å². The zero-order valence-electron chi connectivity index (χ0n) is 10.6. The minimum atomic E-state index is -0.192. The van der Waals surface area contributed by atoms with Crippen molar-refractivity contribution in [2.24, 2.45) is 0 Å². The Balaban J connectivity index is 0.00000162. The van der Waals surface area contributed by atoms with Crippen LogP contribution in [0.3, 0.4) is 0 Å². The van der Waals surface area contributed by atoms with Gasteiger partial charge in [0.2, 0.25) is 0 Å². The number of hydrogen-bond acceptors (Lipinski definition) is 1. The zero-order chi connectivity index (χ0) is 12.3. The van der Waals surface area contributed by atoms with Gasteiger partial charge in [0.15, 0.2) is 0 Å². The maximum atomic E-state index is 13.2. The van der Waals surface area contributed by atoms with Crippen molar-refractivity contribution in [3.05, 3.63) is 59.9 Å². The molecule has 0 heterocycles. The van der Waals surface area contributed by atoms with Crippen molar-refractivity contribution < 1.29 is 4.39 Å². The van der Waals surface area contributed by atoms with Crippen molar-refractivity contribution in [1.82, 2.24) is 4.90 Å². The van der Waals surface area contributed by atoms with Gasteiger partial charge in [-0.15, -0.1) is 12.4 Å². The first-order valence-electron chi connectivity index (χ1n) is 5.65. The Bertz CT molecular complexity index is 511. The van der Waals surface area contributed by atoms with Gasteiger partial charge in [0.1, 0.15) is 5.82 Å². The molecule has 0 saturated heterocycles. The summed E-state index contributed by atoms with van der Waals surface area (Å²) in [4.78, 5) is 2.11. The lowest BCUT2D eigenvalue weighted by Crippen LogP contribution is -2.11. The van der Waals surface area contributed by atoms with Crippen LogP contribution in [-0.4, -0.2) is 19.0 Å². The van der Waals surface area contributed by atoms with Crippen LogP contribution in [0.2, 0.25) is 0 Å². The van der Waals surface area contributed by atoms with E-state index < -0.39 is 0 Å². The van der Waals surface area contributed by atoms with E-state index in [1.54, 1.807) is 12.1 Å². The fourth-order valence-corrected chi connectivity index (χ4v) is 1.94. The predicted octanol–water partition coefficient (Wildman–Crippen LogP) is 3.98. The molecule has 18 heavy (non-hydrogen) atoms. The summed E-state index contributed by atoms with van der Waals surface area (Å²) in [5.74, 6) is -0.192. The topological polar surface area (TPSA) is 3.24 Å². The SMILES string of the molecule is CN(C)Cc1ccccc1-c1cccc(F)c1.Cl. The van der Waals surface area contributed by atoms with Gasteiger partial charge in [-0.3, -0.25) is 0 Å². The quantitative estimate of drug-likeness (QED) is 0.812. The number of benzene rings is 2. The molecule has 0 aromatic heterocycles. The molecule has 2 aromatic rings. The first-order valence-corrected chi connectivity index (χ1v) is 5.65. The van der Waals surface area contributed by atoms with E-state index in [0.29, 0.717) is 0 Å². The second-order valence-corrected chi connectivity index (χ2v) is 4.41. The Hall–Kier alpha value is -1.38. The van der Waals surface area contributed by atoms with Crippen LogP contribution < -0.4 is 0 Å². The average molecular weight is 266 g/mol. The maximum absolute atomic E-state index is 13.2. The summed E-state index contributed by atoms with van der Waals surface area (Å²) in [6.45, 7) is 0.854. The maximum Gasteiger partial charge on any atom is 0.123 e. The van der Waals surface area contributed by atoms with Crippen molar-refractivity contribution in [3.63, 3.8) is 0 Å². The van der Waals surface area contributed by atoms with E-state index in [-0.39, 0.29) is 18.2 Å². The molecular weight excluding hydrogens is 249 g/mol. The summed E-state index contributed by atoms with van der Waals surface area (Å²) in [6.07, 6.45) is 0. The Kier molecular flexibility index (Phi) is 5.32. The highest BCUT2D eigenvalue weighted by molar-refractivity contribution is 5.85. The van der Waals surface area contributed by atoms with E-state index >= 15 is 0 Å². The molecule has 0 bridgehead atoms. The van der Waals surface area contributed by atoms with Gasteiger partial charge in [0.05, 0.1) is 0 Å². The smallest absolute Gasteiger partial charge is 0.123 e. The van der Waals surface area contributed by atoms with Crippen LogP contribution in [-0.2, 0) is 6.54 Å². The van der Waals surface area contributed by atoms with E-state index in [1.807, 2.05) is 38.4 Å². The molecule has 0 spiro atoms. The van der Waals surface area contributed by atoms with Gasteiger partial charge in [-0.1, -0.05) is 36.4 Å². The Morgan fingerprint density at radius 3 is 2.39 bits per heavy atom. The molecule has 0 aliphatic carbocycles. The van der Waals surface area contributed by atoms with Crippen molar-refractivity contribution >= 4 is 12.4 Å². The van der Waals surface area contributed by atoms with Gasteiger partial charge in [0.25, 0.3) is 0 Å². The molecule has 0 aliphatic heterocycles. The highest BCUT2D eigenvalue weighted by Gasteiger charge is 2.05. The second-order valence-electron chi connectivity index (χ2n) is 4.41. The van der Waals surface area contributed by atoms with E-state index in [0.717, 1.165) is 17.7 Å². The normalized spacial score (nSPS) is 10.2. The van der Waals surface area contributed by atoms with Crippen LogP contribution in [0.5, 0.6) is 0 Å². The summed E-state index contributed by atoms with van der Waals surface area (Å²) >= 11 is 0. The molecule has 0 radical (unpaired) electrons. The first kappa shape index (κ1) is 14.7. The molecule has 3 heteroatoms. The van der Waals surface area contributed by atoms with Gasteiger partial charge in [-0.05, 0) is 42.9 Å². The van der Waals surface area contributed by atoms with Gasteiger partial charge >= 0.3 is 0 Å². The molecule has 1 nitrogen and oxygen atoms in total. The van der Waals surface area contributed by atoms with Crippen LogP contribution in [0.15, 0.2) is 48.5 Å². The summed E-state index contributed by atoms with van der Waals surface area (Å²) in [5.41, 5.74) is 3.24. The number of halogens is 2. The lowest BCUT2D eigenvalue weighted by atomic mass is 9.99. The number of rotatable bonds is 3. The molecule has 0 fully saturated rings. The zero-order valence-corrected chi connectivity index (χ0v) is 11.4. The van der Waals surface area contributed by atoms with Crippen LogP contribution in [0.1, 0.15) is 5.56 Å². The lowest BCUT2D eigenvalue weighted by Gasteiger charge is -2.14. The summed E-state index contributed by atoms with van der Waals surface area (Å²) in [6, 6.07) is 14.9. The monoisotopic (exact) mass is 265 g/mol. The molecule has 0 amide bonds. The molecule has 0 N–H and O–H groups in total. The van der Waals surface area contributed by atoms with Gasteiger partial charge in [-0.2, -0.15) is 0 Å². The van der Waals surface area contributed by atoms with Crippen molar-refractivity contribution in [3.8, 4) is 11.1 Å². The molecule has 0 unspecified atom stereocenters. The minimum Gasteiger partial charge on any atom is -0.305 e. The summed E-state index contributed by atoms with van der Waals surface area (Å²) in [5, 5.41) is 0. The third-order valence-electron chi connectivity index (χ3n) is 2.64. The van der Waals surface area contributed by atoms with Crippen LogP contribution in [0.4, 0.5) is 4.39 Å². The average Bonchev–Trinajstić information content (AvgIpc) is 2.29. The predicted molar refractivity (Wildman–Crippen MR) is 76.5 cm³/mol. The van der Waals surface area contributed by atoms with Gasteiger partial charge in [-0.25, -0.2) is 4.39 Å². The Morgan fingerprint density at radius 1 is 1.00 bits per heavy atom. The highest BCUT2D eigenvalue weighted by atomic mass is 35.5. The van der Waals surface area contributed by atoms with Crippen molar-refractivity contribution in [1.29, 1.82) is 0 Å². The van der Waals surface area contributed by atoms with Crippen molar-refractivity contribution in [2.45, 2.75) is 6.54 Å². The van der Waals surface area contributed by atoms with E-state index in [1.165, 1.54) is 11.6 Å². The summed E-state index contributed by atoms with van der Waals surface area (Å²) < 4.78 is 13.2. The molecule has 2 aromatic carbocycles. The minimum absolute atomic E-state index is 0. The van der Waals surface area contributed by atoms with Crippen molar-refractivity contribution in [2.75, 3.05) is 14.1 Å². The number of hydrogen-bond donors (Lipinski definition) is 0. The summed E-state index contributed by atoms with van der Waals surface area (Å²) in [7, 11) is 4.06. The van der Waals surface area contributed by atoms with Crippen LogP contribution in [0, 0.1) is 5.82 Å². The third-order valence-corrected chi connectivity index (χ3v) is 2.64. The second kappa shape index (κ2) is 6.53.